The molecule has 1 N–H and O–H groups in total. The molecular formula is C27H36N2O2. The fraction of sp³-hybridized carbons (Fsp3) is 0.519. The standard InChI is InChI=1S/C27H36N2O2/c1-4-27(5-2)17-24(23-10-6-7-11-25(23)31-27)28-26(30)22-14-12-21(13-15-22)19-29-16-8-9-20(3)18-29/h6-7,10-15,20,24H,4-5,8-9,16-19H2,1-3H3,(H,28,30)/t20-,24-/m1/s1. The van der Waals surface area contributed by atoms with Crippen molar-refractivity contribution in [2.24, 2.45) is 5.92 Å². The molecule has 0 unspecified atom stereocenters. The molecule has 2 heterocycles. The van der Waals surface area contributed by atoms with Gasteiger partial charge < -0.3 is 10.1 Å². The first-order valence-corrected chi connectivity index (χ1v) is 11.9. The first-order valence-electron chi connectivity index (χ1n) is 11.9. The second-order valence-corrected chi connectivity index (χ2v) is 9.44. The number of ether oxygens (including phenoxy) is 1. The first-order chi connectivity index (χ1) is 15.0. The molecule has 0 aromatic heterocycles. The minimum Gasteiger partial charge on any atom is -0.487 e. The van der Waals surface area contributed by atoms with Crippen molar-refractivity contribution in [2.45, 2.75) is 71.1 Å². The number of piperidine rings is 1. The van der Waals surface area contributed by atoms with Gasteiger partial charge in [0.05, 0.1) is 6.04 Å². The number of benzene rings is 2. The summed E-state index contributed by atoms with van der Waals surface area (Å²) in [7, 11) is 0. The monoisotopic (exact) mass is 420 g/mol. The molecule has 4 rings (SSSR count). The molecular weight excluding hydrogens is 384 g/mol. The lowest BCUT2D eigenvalue weighted by Gasteiger charge is -2.41. The van der Waals surface area contributed by atoms with Gasteiger partial charge in [0.25, 0.3) is 5.91 Å². The van der Waals surface area contributed by atoms with Crippen LogP contribution in [-0.4, -0.2) is 29.5 Å². The molecule has 0 bridgehead atoms. The number of fused-ring (bicyclic) bond motifs is 1. The van der Waals surface area contributed by atoms with Crippen LogP contribution < -0.4 is 10.1 Å². The van der Waals surface area contributed by atoms with Gasteiger partial charge in [-0.3, -0.25) is 9.69 Å². The minimum atomic E-state index is -0.220. The third-order valence-corrected chi connectivity index (χ3v) is 7.15. The summed E-state index contributed by atoms with van der Waals surface area (Å²) in [6, 6.07) is 16.2. The Hall–Kier alpha value is -2.33. The van der Waals surface area contributed by atoms with Crippen molar-refractivity contribution in [2.75, 3.05) is 13.1 Å². The minimum absolute atomic E-state index is 0.0130. The summed E-state index contributed by atoms with van der Waals surface area (Å²) in [6.07, 6.45) is 5.27. The highest BCUT2D eigenvalue weighted by Crippen LogP contribution is 2.42. The van der Waals surface area contributed by atoms with Crippen molar-refractivity contribution in [1.82, 2.24) is 10.2 Å². The van der Waals surface area contributed by atoms with Crippen LogP contribution >= 0.6 is 0 Å². The van der Waals surface area contributed by atoms with Crippen LogP contribution in [0.2, 0.25) is 0 Å². The fourth-order valence-corrected chi connectivity index (χ4v) is 5.12. The summed E-state index contributed by atoms with van der Waals surface area (Å²) in [5.74, 6) is 1.66. The SMILES string of the molecule is CCC1(CC)C[C@@H](NC(=O)c2ccc(CN3CCC[C@@H](C)C3)cc2)c2ccccc2O1. The Morgan fingerprint density at radius 1 is 1.13 bits per heavy atom. The van der Waals surface area contributed by atoms with Crippen LogP contribution in [0.15, 0.2) is 48.5 Å². The largest absolute Gasteiger partial charge is 0.487 e. The smallest absolute Gasteiger partial charge is 0.251 e. The Morgan fingerprint density at radius 2 is 1.87 bits per heavy atom. The second-order valence-electron chi connectivity index (χ2n) is 9.44. The first kappa shape index (κ1) is 21.9. The summed E-state index contributed by atoms with van der Waals surface area (Å²) in [5.41, 5.74) is 2.85. The van der Waals surface area contributed by atoms with Crippen molar-refractivity contribution in [3.63, 3.8) is 0 Å². The number of hydrogen-bond donors (Lipinski definition) is 1. The predicted molar refractivity (Wildman–Crippen MR) is 125 cm³/mol. The van der Waals surface area contributed by atoms with Gasteiger partial charge in [0, 0.05) is 30.6 Å². The number of hydrogen-bond acceptors (Lipinski definition) is 3. The number of carbonyl (C=O) groups is 1. The molecule has 4 nitrogen and oxygen atoms in total. The van der Waals surface area contributed by atoms with E-state index in [2.05, 4.69) is 49.2 Å². The van der Waals surface area contributed by atoms with E-state index in [1.54, 1.807) is 0 Å². The van der Waals surface area contributed by atoms with Gasteiger partial charge in [0.2, 0.25) is 0 Å². The molecule has 2 aliphatic heterocycles. The summed E-state index contributed by atoms with van der Waals surface area (Å²) in [6.45, 7) is 9.97. The van der Waals surface area contributed by atoms with E-state index >= 15 is 0 Å². The zero-order valence-corrected chi connectivity index (χ0v) is 19.2. The maximum absolute atomic E-state index is 13.1. The van der Waals surface area contributed by atoms with E-state index < -0.39 is 0 Å². The van der Waals surface area contributed by atoms with Crippen LogP contribution in [0.5, 0.6) is 5.75 Å². The van der Waals surface area contributed by atoms with Gasteiger partial charge in [-0.05, 0) is 61.9 Å². The molecule has 0 spiro atoms. The lowest BCUT2D eigenvalue weighted by molar-refractivity contribution is 0.0227. The number of carbonyl (C=O) groups excluding carboxylic acids is 1. The molecule has 166 valence electrons. The molecule has 4 heteroatoms. The van der Waals surface area contributed by atoms with Gasteiger partial charge in [-0.15, -0.1) is 0 Å². The lowest BCUT2D eigenvalue weighted by Crippen LogP contribution is -2.44. The summed E-state index contributed by atoms with van der Waals surface area (Å²) < 4.78 is 6.37. The van der Waals surface area contributed by atoms with Crippen molar-refractivity contribution in [3.8, 4) is 5.75 Å². The van der Waals surface area contributed by atoms with Gasteiger partial charge >= 0.3 is 0 Å². The fourth-order valence-electron chi connectivity index (χ4n) is 5.12. The molecule has 1 amide bonds. The van der Waals surface area contributed by atoms with Crippen LogP contribution in [0.1, 0.15) is 80.4 Å². The average molecular weight is 421 g/mol. The maximum atomic E-state index is 13.1. The van der Waals surface area contributed by atoms with Crippen LogP contribution in [0.25, 0.3) is 0 Å². The van der Waals surface area contributed by atoms with Crippen molar-refractivity contribution in [1.29, 1.82) is 0 Å². The van der Waals surface area contributed by atoms with Gasteiger partial charge in [0.1, 0.15) is 11.4 Å². The van der Waals surface area contributed by atoms with Gasteiger partial charge in [0.15, 0.2) is 0 Å². The highest BCUT2D eigenvalue weighted by molar-refractivity contribution is 5.94. The molecule has 2 aromatic rings. The molecule has 31 heavy (non-hydrogen) atoms. The second kappa shape index (κ2) is 9.44. The summed E-state index contributed by atoms with van der Waals surface area (Å²) >= 11 is 0. The highest BCUT2D eigenvalue weighted by Gasteiger charge is 2.39. The normalized spacial score (nSPS) is 22.9. The van der Waals surface area contributed by atoms with E-state index in [1.165, 1.54) is 31.5 Å². The number of rotatable bonds is 6. The number of para-hydroxylation sites is 1. The third kappa shape index (κ3) is 4.95. The van der Waals surface area contributed by atoms with E-state index in [-0.39, 0.29) is 17.6 Å². The quantitative estimate of drug-likeness (QED) is 0.649. The summed E-state index contributed by atoms with van der Waals surface area (Å²) in [5, 5.41) is 3.29. The van der Waals surface area contributed by atoms with Crippen LogP contribution in [-0.2, 0) is 6.54 Å². The van der Waals surface area contributed by atoms with Gasteiger partial charge in [-0.25, -0.2) is 0 Å². The van der Waals surface area contributed by atoms with Crippen molar-refractivity contribution in [3.05, 3.63) is 65.2 Å². The Bertz CT molecular complexity index is 888. The number of likely N-dealkylation sites (tertiary alicyclic amines) is 1. The van der Waals surface area contributed by atoms with E-state index in [0.29, 0.717) is 0 Å². The van der Waals surface area contributed by atoms with Crippen LogP contribution in [0.4, 0.5) is 0 Å². The Labute approximate surface area is 187 Å². The molecule has 2 aromatic carbocycles. The lowest BCUT2D eigenvalue weighted by atomic mass is 9.83. The molecule has 1 saturated heterocycles. The third-order valence-electron chi connectivity index (χ3n) is 7.15. The molecule has 0 aliphatic carbocycles. The predicted octanol–water partition coefficient (Wildman–Crippen LogP) is 5.73. The van der Waals surface area contributed by atoms with Gasteiger partial charge in [-0.1, -0.05) is 51.1 Å². The average Bonchev–Trinajstić information content (AvgIpc) is 2.79. The maximum Gasteiger partial charge on any atom is 0.251 e. The van der Waals surface area contributed by atoms with E-state index in [1.807, 2.05) is 30.3 Å². The number of amides is 1. The molecule has 0 saturated carbocycles. The van der Waals surface area contributed by atoms with E-state index in [0.717, 1.165) is 48.6 Å². The van der Waals surface area contributed by atoms with Crippen molar-refractivity contribution < 1.29 is 9.53 Å². The topological polar surface area (TPSA) is 41.6 Å². The molecule has 1 fully saturated rings. The molecule has 0 radical (unpaired) electrons. The Kier molecular flexibility index (Phi) is 6.66. The van der Waals surface area contributed by atoms with Gasteiger partial charge in [-0.2, -0.15) is 0 Å². The van der Waals surface area contributed by atoms with Crippen LogP contribution in [0.3, 0.4) is 0 Å². The highest BCUT2D eigenvalue weighted by atomic mass is 16.5. The van der Waals surface area contributed by atoms with Crippen molar-refractivity contribution >= 4 is 5.91 Å². The van der Waals surface area contributed by atoms with E-state index in [4.69, 9.17) is 4.74 Å². The Morgan fingerprint density at radius 3 is 2.58 bits per heavy atom. The van der Waals surface area contributed by atoms with Crippen LogP contribution in [0, 0.1) is 5.92 Å². The number of nitrogens with zero attached hydrogens (tertiary/aromatic N) is 1. The zero-order valence-electron chi connectivity index (χ0n) is 19.2. The molecule has 2 aliphatic rings. The molecule has 2 atom stereocenters. The summed E-state index contributed by atoms with van der Waals surface area (Å²) in [4.78, 5) is 15.6. The Balaban J connectivity index is 1.45. The number of nitrogens with one attached hydrogen (secondary N) is 1. The zero-order chi connectivity index (χ0) is 21.8. The van der Waals surface area contributed by atoms with E-state index in [9.17, 15) is 4.79 Å².